The number of rotatable bonds is 10. The van der Waals surface area contributed by atoms with Crippen molar-refractivity contribution in [1.82, 2.24) is 9.88 Å². The predicted octanol–water partition coefficient (Wildman–Crippen LogP) is 6.22. The number of benzene rings is 3. The van der Waals surface area contributed by atoms with Crippen LogP contribution in [0, 0.1) is 0 Å². The summed E-state index contributed by atoms with van der Waals surface area (Å²) in [5.41, 5.74) is 0.614. The number of hydrogen-bond donors (Lipinski definition) is 2. The molecule has 0 bridgehead atoms. The van der Waals surface area contributed by atoms with Crippen molar-refractivity contribution in [3.63, 3.8) is 0 Å². The fraction of sp³-hybridized carbons (Fsp3) is 0.214. The molecule has 2 N–H and O–H groups in total. The van der Waals surface area contributed by atoms with Gasteiger partial charge in [0.1, 0.15) is 5.75 Å². The summed E-state index contributed by atoms with van der Waals surface area (Å²) in [6.07, 6.45) is -2.61. The highest BCUT2D eigenvalue weighted by Gasteiger charge is 2.30. The van der Waals surface area contributed by atoms with Gasteiger partial charge in [-0.3, -0.25) is 9.59 Å². The summed E-state index contributed by atoms with van der Waals surface area (Å²) in [5, 5.41) is 6.53. The zero-order chi connectivity index (χ0) is 27.1. The molecule has 0 saturated carbocycles. The molecule has 0 atom stereocenters. The molecular weight excluding hydrogens is 515 g/mol. The molecule has 10 heteroatoms. The molecule has 2 amide bonds. The van der Waals surface area contributed by atoms with E-state index in [1.165, 1.54) is 23.9 Å². The van der Waals surface area contributed by atoms with E-state index < -0.39 is 17.6 Å². The number of amides is 2. The van der Waals surface area contributed by atoms with Gasteiger partial charge in [-0.2, -0.15) is 13.2 Å². The molecule has 4 aromatic rings. The average Bonchev–Trinajstić information content (AvgIpc) is 3.26. The lowest BCUT2D eigenvalue weighted by Gasteiger charge is -2.11. The Morgan fingerprint density at radius 1 is 1.00 bits per heavy atom. The van der Waals surface area contributed by atoms with Gasteiger partial charge in [0, 0.05) is 40.6 Å². The standard InChI is InChI=1S/C28H26F3N3O3S/c1-2-37-24-13-6-4-11-22(24)33-26(35)18-38-25-17-34(23-12-5-3-10-21(23)25)15-14-32-27(36)19-8-7-9-20(16-19)28(29,30)31/h3-13,16-17H,2,14-15,18H2,1H3,(H,32,36)(H,33,35). The molecular formula is C28H26F3N3O3S. The maximum absolute atomic E-state index is 13.0. The van der Waals surface area contributed by atoms with E-state index in [-0.39, 0.29) is 23.8 Å². The Bertz CT molecular complexity index is 1440. The summed E-state index contributed by atoms with van der Waals surface area (Å²) in [7, 11) is 0. The van der Waals surface area contributed by atoms with Crippen molar-refractivity contribution < 1.29 is 27.5 Å². The molecule has 0 aliphatic heterocycles. The third-order valence-electron chi connectivity index (χ3n) is 5.66. The van der Waals surface area contributed by atoms with Crippen molar-refractivity contribution in [2.45, 2.75) is 24.5 Å². The molecule has 0 radical (unpaired) electrons. The van der Waals surface area contributed by atoms with E-state index in [0.717, 1.165) is 27.9 Å². The van der Waals surface area contributed by atoms with Crippen LogP contribution < -0.4 is 15.4 Å². The highest BCUT2D eigenvalue weighted by Crippen LogP contribution is 2.31. The lowest BCUT2D eigenvalue weighted by molar-refractivity contribution is -0.137. The van der Waals surface area contributed by atoms with Crippen molar-refractivity contribution in [3.8, 4) is 5.75 Å². The SMILES string of the molecule is CCOc1ccccc1NC(=O)CSc1cn(CCNC(=O)c2cccc(C(F)(F)F)c2)c2ccccc12. The summed E-state index contributed by atoms with van der Waals surface area (Å²) in [6.45, 7) is 2.98. The second-order valence-electron chi connectivity index (χ2n) is 8.30. The molecule has 1 heterocycles. The Hall–Kier alpha value is -3.92. The number of anilines is 1. The fourth-order valence-corrected chi connectivity index (χ4v) is 4.81. The number of halogens is 3. The number of fused-ring (bicyclic) bond motifs is 1. The van der Waals surface area contributed by atoms with E-state index in [1.54, 1.807) is 12.1 Å². The molecule has 0 saturated heterocycles. The van der Waals surface area contributed by atoms with Gasteiger partial charge in [-0.25, -0.2) is 0 Å². The number of para-hydroxylation sites is 3. The van der Waals surface area contributed by atoms with Gasteiger partial charge in [-0.15, -0.1) is 11.8 Å². The topological polar surface area (TPSA) is 72.4 Å². The minimum atomic E-state index is -4.52. The molecule has 4 rings (SSSR count). The van der Waals surface area contributed by atoms with Crippen LogP contribution in [-0.2, 0) is 17.5 Å². The van der Waals surface area contributed by atoms with Crippen LogP contribution in [0.1, 0.15) is 22.8 Å². The Labute approximate surface area is 222 Å². The molecule has 198 valence electrons. The van der Waals surface area contributed by atoms with E-state index in [9.17, 15) is 22.8 Å². The Morgan fingerprint density at radius 3 is 2.55 bits per heavy atom. The zero-order valence-corrected chi connectivity index (χ0v) is 21.4. The highest BCUT2D eigenvalue weighted by molar-refractivity contribution is 8.00. The van der Waals surface area contributed by atoms with E-state index in [1.807, 2.05) is 54.1 Å². The monoisotopic (exact) mass is 541 g/mol. The maximum atomic E-state index is 13.0. The third kappa shape index (κ3) is 6.69. The van der Waals surface area contributed by atoms with Crippen LogP contribution in [-0.4, -0.2) is 35.3 Å². The Balaban J connectivity index is 1.38. The number of nitrogens with zero attached hydrogens (tertiary/aromatic N) is 1. The van der Waals surface area contributed by atoms with Crippen molar-refractivity contribution in [3.05, 3.63) is 90.1 Å². The number of nitrogens with one attached hydrogen (secondary N) is 2. The van der Waals surface area contributed by atoms with Crippen LogP contribution in [0.3, 0.4) is 0 Å². The van der Waals surface area contributed by atoms with E-state index >= 15 is 0 Å². The summed E-state index contributed by atoms with van der Waals surface area (Å²) in [4.78, 5) is 26.0. The quantitative estimate of drug-likeness (QED) is 0.234. The summed E-state index contributed by atoms with van der Waals surface area (Å²) >= 11 is 1.39. The number of hydrogen-bond acceptors (Lipinski definition) is 4. The van der Waals surface area contributed by atoms with Crippen LogP contribution in [0.5, 0.6) is 5.75 Å². The first-order valence-electron chi connectivity index (χ1n) is 11.9. The normalized spacial score (nSPS) is 11.4. The summed E-state index contributed by atoms with van der Waals surface area (Å²) in [5.74, 6) is 0.0384. The fourth-order valence-electron chi connectivity index (χ4n) is 3.92. The Kier molecular flexibility index (Phi) is 8.62. The number of thioether (sulfide) groups is 1. The van der Waals surface area contributed by atoms with Crippen LogP contribution in [0.4, 0.5) is 18.9 Å². The van der Waals surface area contributed by atoms with Gasteiger partial charge >= 0.3 is 6.18 Å². The van der Waals surface area contributed by atoms with Gasteiger partial charge in [0.15, 0.2) is 0 Å². The molecule has 0 fully saturated rings. The van der Waals surface area contributed by atoms with Gasteiger partial charge < -0.3 is 19.9 Å². The molecule has 0 aliphatic carbocycles. The van der Waals surface area contributed by atoms with Gasteiger partial charge in [0.2, 0.25) is 5.91 Å². The van der Waals surface area contributed by atoms with E-state index in [2.05, 4.69) is 10.6 Å². The number of carbonyl (C=O) groups is 2. The van der Waals surface area contributed by atoms with E-state index in [0.29, 0.717) is 24.6 Å². The lowest BCUT2D eigenvalue weighted by atomic mass is 10.1. The van der Waals surface area contributed by atoms with Crippen molar-refractivity contribution in [2.24, 2.45) is 0 Å². The highest BCUT2D eigenvalue weighted by atomic mass is 32.2. The van der Waals surface area contributed by atoms with E-state index in [4.69, 9.17) is 4.74 Å². The van der Waals surface area contributed by atoms with Crippen LogP contribution in [0.25, 0.3) is 10.9 Å². The lowest BCUT2D eigenvalue weighted by Crippen LogP contribution is -2.27. The van der Waals surface area contributed by atoms with Gasteiger partial charge in [0.05, 0.1) is 23.6 Å². The number of aromatic nitrogens is 1. The molecule has 6 nitrogen and oxygen atoms in total. The first-order valence-corrected chi connectivity index (χ1v) is 12.9. The van der Waals surface area contributed by atoms with Crippen molar-refractivity contribution >= 4 is 40.2 Å². The number of alkyl halides is 3. The molecule has 38 heavy (non-hydrogen) atoms. The van der Waals surface area contributed by atoms with Crippen LogP contribution >= 0.6 is 11.8 Å². The predicted molar refractivity (Wildman–Crippen MR) is 143 cm³/mol. The second kappa shape index (κ2) is 12.1. The summed E-state index contributed by atoms with van der Waals surface area (Å²) < 4.78 is 46.4. The minimum absolute atomic E-state index is 0.0506. The minimum Gasteiger partial charge on any atom is -0.492 e. The average molecular weight is 542 g/mol. The molecule has 1 aromatic heterocycles. The van der Waals surface area contributed by atoms with Gasteiger partial charge in [-0.1, -0.05) is 36.4 Å². The zero-order valence-electron chi connectivity index (χ0n) is 20.5. The second-order valence-corrected chi connectivity index (χ2v) is 9.32. The largest absolute Gasteiger partial charge is 0.492 e. The maximum Gasteiger partial charge on any atom is 0.416 e. The smallest absolute Gasteiger partial charge is 0.416 e. The van der Waals surface area contributed by atoms with Gasteiger partial charge in [-0.05, 0) is 43.3 Å². The molecule has 3 aromatic carbocycles. The summed E-state index contributed by atoms with van der Waals surface area (Å²) in [6, 6.07) is 19.3. The number of ether oxygens (including phenoxy) is 1. The first-order chi connectivity index (χ1) is 18.3. The Morgan fingerprint density at radius 2 is 1.76 bits per heavy atom. The van der Waals surface area contributed by atoms with Crippen molar-refractivity contribution in [1.29, 1.82) is 0 Å². The molecule has 0 aliphatic rings. The first kappa shape index (κ1) is 27.1. The third-order valence-corrected chi connectivity index (χ3v) is 6.70. The van der Waals surface area contributed by atoms with Crippen molar-refractivity contribution in [2.75, 3.05) is 24.2 Å². The van der Waals surface area contributed by atoms with Crippen LogP contribution in [0.15, 0.2) is 83.9 Å². The molecule has 0 unspecified atom stereocenters. The van der Waals surface area contributed by atoms with Gasteiger partial charge in [0.25, 0.3) is 5.91 Å². The number of carbonyl (C=O) groups excluding carboxylic acids is 2. The molecule has 0 spiro atoms. The van der Waals surface area contributed by atoms with Crippen LogP contribution in [0.2, 0.25) is 0 Å².